The maximum atomic E-state index is 3.32. The molecule has 2 rings (SSSR count). The summed E-state index contributed by atoms with van der Waals surface area (Å²) >= 11 is 13.3. The van der Waals surface area contributed by atoms with Crippen molar-refractivity contribution in [3.8, 4) is 0 Å². The minimum atomic E-state index is 1.17. The van der Waals surface area contributed by atoms with E-state index in [9.17, 15) is 0 Å². The van der Waals surface area contributed by atoms with E-state index in [-0.39, 0.29) is 0 Å². The fraction of sp³-hybridized carbons (Fsp3) is 0. The Bertz CT molecular complexity index is 323. The van der Waals surface area contributed by atoms with E-state index < -0.39 is 0 Å². The van der Waals surface area contributed by atoms with Gasteiger partial charge in [-0.1, -0.05) is 0 Å². The smallest absolute Gasteiger partial charge is 0.0710 e. The summed E-state index contributed by atoms with van der Waals surface area (Å²) in [5, 5.41) is 4.07. The van der Waals surface area contributed by atoms with E-state index in [1.54, 1.807) is 22.7 Å². The molecule has 0 amide bonds. The molecule has 70 valence electrons. The molecule has 0 bridgehead atoms. The molecule has 0 radical (unpaired) electrons. The summed E-state index contributed by atoms with van der Waals surface area (Å²) in [5.74, 6) is 0. The first-order chi connectivity index (χ1) is 6.18. The van der Waals surface area contributed by atoms with Crippen LogP contribution in [-0.4, -0.2) is 0 Å². The third-order valence-corrected chi connectivity index (χ3v) is 4.67. The van der Waals surface area contributed by atoms with Gasteiger partial charge < -0.3 is 0 Å². The van der Waals surface area contributed by atoms with Gasteiger partial charge in [-0.2, -0.15) is 11.3 Å². The van der Waals surface area contributed by atoms with Crippen LogP contribution in [0, 0.1) is 0 Å². The van der Waals surface area contributed by atoms with Crippen LogP contribution in [0.2, 0.25) is 0 Å². The number of hydrogen-bond donors (Lipinski definition) is 0. The van der Waals surface area contributed by atoms with Gasteiger partial charge in [0.1, 0.15) is 0 Å². The largest absolute Gasteiger partial charge is 0.151 e. The molecule has 0 aromatic carbocycles. The zero-order valence-corrected chi connectivity index (χ0v) is 12.7. The van der Waals surface area contributed by atoms with Crippen LogP contribution in [-0.2, 0) is 0 Å². The Morgan fingerprint density at radius 2 is 1.54 bits per heavy atom. The molecule has 0 fully saturated rings. The molecular formula is C8H5Br3S2. The maximum Gasteiger partial charge on any atom is 0.0710 e. The molecule has 2 aromatic rings. The molecule has 0 spiro atoms. The Morgan fingerprint density at radius 3 is 1.69 bits per heavy atom. The average molecular weight is 405 g/mol. The van der Waals surface area contributed by atoms with Gasteiger partial charge in [0.05, 0.1) is 7.57 Å². The Labute approximate surface area is 110 Å². The molecule has 2 aromatic heterocycles. The quantitative estimate of drug-likeness (QED) is 0.521. The predicted octanol–water partition coefficient (Wildman–Crippen LogP) is 5.78. The van der Waals surface area contributed by atoms with E-state index >= 15 is 0 Å². The standard InChI is InChI=1S/C4H2Br2S.C4H3BrS/c5-3-1-2-4(6)7-3;5-4-1-2-6-3-4/h1-2H;1-3H. The molecule has 0 nitrogen and oxygen atoms in total. The lowest BCUT2D eigenvalue weighted by molar-refractivity contribution is 1.90. The lowest BCUT2D eigenvalue weighted by Gasteiger charge is -1.67. The first-order valence-corrected chi connectivity index (χ1v) is 7.41. The van der Waals surface area contributed by atoms with E-state index in [0.717, 1.165) is 0 Å². The van der Waals surface area contributed by atoms with Gasteiger partial charge in [0.25, 0.3) is 0 Å². The van der Waals surface area contributed by atoms with Gasteiger partial charge in [0.2, 0.25) is 0 Å². The minimum Gasteiger partial charge on any atom is -0.151 e. The molecule has 0 unspecified atom stereocenters. The summed E-state index contributed by atoms with van der Waals surface area (Å²) in [5.41, 5.74) is 0. The molecule has 0 saturated heterocycles. The van der Waals surface area contributed by atoms with Gasteiger partial charge in [-0.3, -0.25) is 0 Å². The minimum absolute atomic E-state index is 1.17. The van der Waals surface area contributed by atoms with Crippen molar-refractivity contribution < 1.29 is 0 Å². The third kappa shape index (κ3) is 5.32. The van der Waals surface area contributed by atoms with Crippen LogP contribution in [0.5, 0.6) is 0 Å². The highest BCUT2D eigenvalue weighted by molar-refractivity contribution is 9.12. The molecule has 0 atom stereocenters. The Hall–Kier alpha value is 0.840. The predicted molar refractivity (Wildman–Crippen MR) is 71.7 cm³/mol. The van der Waals surface area contributed by atoms with Gasteiger partial charge >= 0.3 is 0 Å². The van der Waals surface area contributed by atoms with E-state index in [4.69, 9.17) is 0 Å². The van der Waals surface area contributed by atoms with Crippen LogP contribution in [0.15, 0.2) is 41.0 Å². The first-order valence-electron chi connectivity index (χ1n) is 3.27. The average Bonchev–Trinajstić information content (AvgIpc) is 2.64. The number of thiophene rings is 2. The number of rotatable bonds is 0. The maximum absolute atomic E-state index is 3.32. The van der Waals surface area contributed by atoms with Crippen LogP contribution in [0.1, 0.15) is 0 Å². The van der Waals surface area contributed by atoms with Crippen molar-refractivity contribution in [2.75, 3.05) is 0 Å². The summed E-state index contributed by atoms with van der Waals surface area (Å²) in [4.78, 5) is 0. The third-order valence-electron chi connectivity index (χ3n) is 1.03. The van der Waals surface area contributed by atoms with Crippen LogP contribution < -0.4 is 0 Å². The first kappa shape index (κ1) is 11.9. The second-order valence-electron chi connectivity index (χ2n) is 1.99. The van der Waals surface area contributed by atoms with E-state index in [1.807, 2.05) is 29.0 Å². The molecule has 0 aliphatic carbocycles. The van der Waals surface area contributed by atoms with Gasteiger partial charge in [0, 0.05) is 9.85 Å². The number of halogens is 3. The molecule has 0 aliphatic heterocycles. The van der Waals surface area contributed by atoms with Crippen molar-refractivity contribution in [1.29, 1.82) is 0 Å². The Morgan fingerprint density at radius 1 is 0.923 bits per heavy atom. The lowest BCUT2D eigenvalue weighted by Crippen LogP contribution is -1.34. The molecule has 5 heteroatoms. The van der Waals surface area contributed by atoms with E-state index in [2.05, 4.69) is 47.8 Å². The molecular weight excluding hydrogens is 400 g/mol. The SMILES string of the molecule is Brc1ccc(Br)s1.Brc1ccsc1. The highest BCUT2D eigenvalue weighted by Crippen LogP contribution is 2.25. The van der Waals surface area contributed by atoms with Crippen LogP contribution in [0.4, 0.5) is 0 Å². The summed E-state index contributed by atoms with van der Waals surface area (Å²) < 4.78 is 3.51. The Kier molecular flexibility index (Phi) is 5.82. The lowest BCUT2D eigenvalue weighted by atomic mass is 10.7. The van der Waals surface area contributed by atoms with Crippen molar-refractivity contribution in [2.24, 2.45) is 0 Å². The summed E-state index contributed by atoms with van der Waals surface area (Å²) in [7, 11) is 0. The van der Waals surface area contributed by atoms with Crippen molar-refractivity contribution >= 4 is 70.5 Å². The highest BCUT2D eigenvalue weighted by Gasteiger charge is 1.88. The van der Waals surface area contributed by atoms with Crippen molar-refractivity contribution in [3.63, 3.8) is 0 Å². The fourth-order valence-corrected chi connectivity index (χ4v) is 4.10. The van der Waals surface area contributed by atoms with Crippen LogP contribution in [0.3, 0.4) is 0 Å². The second-order valence-corrected chi connectivity index (χ2v) is 7.52. The van der Waals surface area contributed by atoms with Crippen LogP contribution in [0.25, 0.3) is 0 Å². The highest BCUT2D eigenvalue weighted by atomic mass is 79.9. The monoisotopic (exact) mass is 402 g/mol. The van der Waals surface area contributed by atoms with Crippen molar-refractivity contribution in [2.45, 2.75) is 0 Å². The Balaban J connectivity index is 0.000000132. The fourth-order valence-electron chi connectivity index (χ4n) is 0.540. The number of hydrogen-bond acceptors (Lipinski definition) is 2. The molecule has 0 saturated carbocycles. The van der Waals surface area contributed by atoms with E-state index in [0.29, 0.717) is 0 Å². The normalized spacial score (nSPS) is 9.15. The van der Waals surface area contributed by atoms with Crippen molar-refractivity contribution in [1.82, 2.24) is 0 Å². The van der Waals surface area contributed by atoms with Gasteiger partial charge in [-0.15, -0.1) is 11.3 Å². The zero-order valence-electron chi connectivity index (χ0n) is 6.34. The van der Waals surface area contributed by atoms with Gasteiger partial charge in [0.15, 0.2) is 0 Å². The van der Waals surface area contributed by atoms with Gasteiger partial charge in [-0.25, -0.2) is 0 Å². The second kappa shape index (κ2) is 6.35. The molecule has 0 aliphatic rings. The summed E-state index contributed by atoms with van der Waals surface area (Å²) in [6, 6.07) is 6.04. The summed E-state index contributed by atoms with van der Waals surface area (Å²) in [6.07, 6.45) is 0. The molecule has 0 N–H and O–H groups in total. The molecule has 13 heavy (non-hydrogen) atoms. The molecule has 2 heterocycles. The summed E-state index contributed by atoms with van der Waals surface area (Å²) in [6.45, 7) is 0. The van der Waals surface area contributed by atoms with E-state index in [1.165, 1.54) is 12.0 Å². The van der Waals surface area contributed by atoms with Gasteiger partial charge in [-0.05, 0) is 71.4 Å². The topological polar surface area (TPSA) is 0 Å². The van der Waals surface area contributed by atoms with Crippen molar-refractivity contribution in [3.05, 3.63) is 41.0 Å². The zero-order chi connectivity index (χ0) is 9.68. The van der Waals surface area contributed by atoms with Crippen LogP contribution >= 0.6 is 70.5 Å².